The second-order valence-corrected chi connectivity index (χ2v) is 5.76. The first-order valence-corrected chi connectivity index (χ1v) is 8.08. The van der Waals surface area contributed by atoms with Crippen molar-refractivity contribution >= 4 is 17.6 Å². The van der Waals surface area contributed by atoms with Crippen molar-refractivity contribution in [2.45, 2.75) is 13.3 Å². The quantitative estimate of drug-likeness (QED) is 0.759. The second kappa shape index (κ2) is 8.73. The lowest BCUT2D eigenvalue weighted by Crippen LogP contribution is -2.29. The van der Waals surface area contributed by atoms with Gasteiger partial charge in [-0.3, -0.25) is 4.79 Å². The highest BCUT2D eigenvalue weighted by atomic mass is 16.5. The molecule has 2 rings (SSSR count). The lowest BCUT2D eigenvalue weighted by atomic mass is 10.1. The van der Waals surface area contributed by atoms with Gasteiger partial charge in [-0.2, -0.15) is 0 Å². The average Bonchev–Trinajstić information content (AvgIpc) is 2.59. The third kappa shape index (κ3) is 5.53. The van der Waals surface area contributed by atoms with Crippen LogP contribution >= 0.6 is 0 Å². The van der Waals surface area contributed by atoms with E-state index < -0.39 is 6.03 Å². The van der Waals surface area contributed by atoms with Crippen molar-refractivity contribution in [3.05, 3.63) is 59.7 Å². The summed E-state index contributed by atoms with van der Waals surface area (Å²) < 4.78 is 5.74. The summed E-state index contributed by atoms with van der Waals surface area (Å²) in [4.78, 5) is 25.0. The molecule has 0 unspecified atom stereocenters. The third-order valence-corrected chi connectivity index (χ3v) is 3.71. The predicted molar refractivity (Wildman–Crippen MR) is 97.9 cm³/mol. The average molecular weight is 341 g/mol. The fraction of sp³-hybridized carbons (Fsp3) is 0.263. The Labute approximate surface area is 147 Å². The number of nitrogens with zero attached hydrogens (tertiary/aromatic N) is 1. The van der Waals surface area contributed by atoms with Crippen LogP contribution in [0.3, 0.4) is 0 Å². The van der Waals surface area contributed by atoms with Gasteiger partial charge in [0.2, 0.25) is 0 Å². The van der Waals surface area contributed by atoms with Gasteiger partial charge < -0.3 is 20.7 Å². The zero-order valence-corrected chi connectivity index (χ0v) is 14.5. The number of primary amides is 1. The minimum absolute atomic E-state index is 0.121. The third-order valence-electron chi connectivity index (χ3n) is 3.71. The Morgan fingerprint density at radius 1 is 1.16 bits per heavy atom. The summed E-state index contributed by atoms with van der Waals surface area (Å²) in [7, 11) is 1.74. The van der Waals surface area contributed by atoms with E-state index in [9.17, 15) is 9.59 Å². The molecule has 0 aliphatic carbocycles. The summed E-state index contributed by atoms with van der Waals surface area (Å²) in [5, 5.41) is 2.46. The van der Waals surface area contributed by atoms with Gasteiger partial charge in [0.05, 0.1) is 6.61 Å². The molecule has 0 aliphatic heterocycles. The SMILES string of the molecule is Cc1ccccc1OCCCN(C)C(=O)c1cccc(NC(N)=O)c1. The first-order valence-electron chi connectivity index (χ1n) is 8.08. The maximum absolute atomic E-state index is 12.4. The molecule has 0 saturated heterocycles. The van der Waals surface area contributed by atoms with Crippen LogP contribution in [0.1, 0.15) is 22.3 Å². The molecule has 0 aliphatic rings. The number of nitrogens with two attached hydrogens (primary N) is 1. The van der Waals surface area contributed by atoms with Crippen LogP contribution in [0.15, 0.2) is 48.5 Å². The molecule has 0 spiro atoms. The van der Waals surface area contributed by atoms with Crippen molar-refractivity contribution in [3.8, 4) is 5.75 Å². The zero-order valence-electron chi connectivity index (χ0n) is 14.5. The molecule has 0 atom stereocenters. The summed E-state index contributed by atoms with van der Waals surface area (Å²) in [5.74, 6) is 0.741. The maximum Gasteiger partial charge on any atom is 0.316 e. The van der Waals surface area contributed by atoms with Crippen molar-refractivity contribution in [3.63, 3.8) is 0 Å². The van der Waals surface area contributed by atoms with Gasteiger partial charge in [-0.25, -0.2) is 4.79 Å². The van der Waals surface area contributed by atoms with Crippen LogP contribution in [-0.2, 0) is 0 Å². The molecule has 25 heavy (non-hydrogen) atoms. The molecule has 0 bridgehead atoms. The van der Waals surface area contributed by atoms with E-state index in [2.05, 4.69) is 5.32 Å². The van der Waals surface area contributed by atoms with Crippen molar-refractivity contribution in [2.24, 2.45) is 5.73 Å². The van der Waals surface area contributed by atoms with Crippen molar-refractivity contribution in [1.82, 2.24) is 4.90 Å². The van der Waals surface area contributed by atoms with Gasteiger partial charge in [-0.1, -0.05) is 24.3 Å². The van der Waals surface area contributed by atoms with Crippen LogP contribution in [0.4, 0.5) is 10.5 Å². The van der Waals surface area contributed by atoms with Crippen molar-refractivity contribution in [1.29, 1.82) is 0 Å². The number of anilines is 1. The van der Waals surface area contributed by atoms with Crippen LogP contribution < -0.4 is 15.8 Å². The molecule has 3 amide bonds. The van der Waals surface area contributed by atoms with E-state index in [-0.39, 0.29) is 5.91 Å². The molecule has 6 nitrogen and oxygen atoms in total. The molecule has 0 aromatic heterocycles. The predicted octanol–water partition coefficient (Wildman–Crippen LogP) is 3.03. The fourth-order valence-corrected chi connectivity index (χ4v) is 2.40. The monoisotopic (exact) mass is 341 g/mol. The Morgan fingerprint density at radius 3 is 2.64 bits per heavy atom. The van der Waals surface area contributed by atoms with Gasteiger partial charge in [0, 0.05) is 24.8 Å². The first kappa shape index (κ1) is 18.3. The number of carbonyl (C=O) groups excluding carboxylic acids is 2. The highest BCUT2D eigenvalue weighted by Crippen LogP contribution is 2.16. The van der Waals surface area contributed by atoms with E-state index in [1.165, 1.54) is 0 Å². The number of amides is 3. The molecule has 0 fully saturated rings. The van der Waals surface area contributed by atoms with Crippen molar-refractivity contribution in [2.75, 3.05) is 25.5 Å². The Kier molecular flexibility index (Phi) is 6.39. The van der Waals surface area contributed by atoms with E-state index >= 15 is 0 Å². The second-order valence-electron chi connectivity index (χ2n) is 5.76. The van der Waals surface area contributed by atoms with Gasteiger partial charge in [0.1, 0.15) is 5.75 Å². The molecule has 2 aromatic rings. The van der Waals surface area contributed by atoms with Gasteiger partial charge in [0.15, 0.2) is 0 Å². The fourth-order valence-electron chi connectivity index (χ4n) is 2.40. The summed E-state index contributed by atoms with van der Waals surface area (Å²) in [6, 6.07) is 13.9. The van der Waals surface area contributed by atoms with E-state index in [4.69, 9.17) is 10.5 Å². The van der Waals surface area contributed by atoms with Crippen LogP contribution in [-0.4, -0.2) is 37.0 Å². The Balaban J connectivity index is 1.84. The van der Waals surface area contributed by atoms with E-state index in [0.29, 0.717) is 24.4 Å². The number of benzene rings is 2. The number of hydrogen-bond donors (Lipinski definition) is 2. The Hall–Kier alpha value is -3.02. The Morgan fingerprint density at radius 2 is 1.92 bits per heavy atom. The number of hydrogen-bond acceptors (Lipinski definition) is 3. The number of para-hydroxylation sites is 1. The summed E-state index contributed by atoms with van der Waals surface area (Å²) in [6.07, 6.45) is 0.718. The lowest BCUT2D eigenvalue weighted by molar-refractivity contribution is 0.0788. The smallest absolute Gasteiger partial charge is 0.316 e. The number of urea groups is 1. The minimum atomic E-state index is -0.661. The van der Waals surface area contributed by atoms with Crippen LogP contribution in [0.2, 0.25) is 0 Å². The summed E-state index contributed by atoms with van der Waals surface area (Å²) in [6.45, 7) is 3.10. The van der Waals surface area contributed by atoms with E-state index in [1.54, 1.807) is 36.2 Å². The molecular weight excluding hydrogens is 318 g/mol. The van der Waals surface area contributed by atoms with Gasteiger partial charge in [0.25, 0.3) is 5.91 Å². The standard InChI is InChI=1S/C19H23N3O3/c1-14-7-3-4-10-17(14)25-12-6-11-22(2)18(23)15-8-5-9-16(13-15)21-19(20)24/h3-5,7-10,13H,6,11-12H2,1-2H3,(H3,20,21,24). The van der Waals surface area contributed by atoms with Gasteiger partial charge in [-0.05, 0) is 43.2 Å². The molecular formula is C19H23N3O3. The summed E-state index contributed by atoms with van der Waals surface area (Å²) >= 11 is 0. The molecule has 132 valence electrons. The largest absolute Gasteiger partial charge is 0.493 e. The maximum atomic E-state index is 12.4. The molecule has 0 radical (unpaired) electrons. The highest BCUT2D eigenvalue weighted by Gasteiger charge is 2.12. The van der Waals surface area contributed by atoms with E-state index in [1.807, 2.05) is 31.2 Å². The Bertz CT molecular complexity index is 746. The molecule has 0 heterocycles. The number of nitrogens with one attached hydrogen (secondary N) is 1. The van der Waals surface area contributed by atoms with Crippen LogP contribution in [0.25, 0.3) is 0 Å². The zero-order chi connectivity index (χ0) is 18.2. The lowest BCUT2D eigenvalue weighted by Gasteiger charge is -2.18. The topological polar surface area (TPSA) is 84.7 Å². The minimum Gasteiger partial charge on any atom is -0.493 e. The highest BCUT2D eigenvalue weighted by molar-refractivity contribution is 5.96. The molecule has 0 saturated carbocycles. The molecule has 2 aromatic carbocycles. The van der Waals surface area contributed by atoms with Crippen LogP contribution in [0, 0.1) is 6.92 Å². The van der Waals surface area contributed by atoms with Gasteiger partial charge >= 0.3 is 6.03 Å². The molecule has 6 heteroatoms. The number of aryl methyl sites for hydroxylation is 1. The molecule has 3 N–H and O–H groups in total. The number of ether oxygens (including phenoxy) is 1. The number of rotatable bonds is 7. The van der Waals surface area contributed by atoms with Crippen LogP contribution in [0.5, 0.6) is 5.75 Å². The van der Waals surface area contributed by atoms with Gasteiger partial charge in [-0.15, -0.1) is 0 Å². The number of carbonyl (C=O) groups is 2. The first-order chi connectivity index (χ1) is 12.0. The van der Waals surface area contributed by atoms with E-state index in [0.717, 1.165) is 17.7 Å². The van der Waals surface area contributed by atoms with Crippen molar-refractivity contribution < 1.29 is 14.3 Å². The normalized spacial score (nSPS) is 10.2. The summed E-state index contributed by atoms with van der Waals surface area (Å²) in [5.41, 5.74) is 7.17.